The summed E-state index contributed by atoms with van der Waals surface area (Å²) in [5.41, 5.74) is 0.978. The highest BCUT2D eigenvalue weighted by Gasteiger charge is 2.31. The number of hydrogen-bond donors (Lipinski definition) is 1. The zero-order chi connectivity index (χ0) is 14.5. The van der Waals surface area contributed by atoms with Crippen molar-refractivity contribution in [3.05, 3.63) is 23.6 Å². The maximum atomic E-state index is 13.5. The molecule has 0 unspecified atom stereocenters. The molecule has 4 heteroatoms. The number of anilines is 1. The maximum Gasteiger partial charge on any atom is 0.141 e. The van der Waals surface area contributed by atoms with E-state index >= 15 is 0 Å². The molecule has 0 spiro atoms. The first-order valence-electron chi connectivity index (χ1n) is 7.73. The third-order valence-corrected chi connectivity index (χ3v) is 3.47. The molecule has 1 aromatic rings. The van der Waals surface area contributed by atoms with Crippen LogP contribution >= 0.6 is 0 Å². The molecule has 1 N–H and O–H groups in total. The van der Waals surface area contributed by atoms with Crippen molar-refractivity contribution >= 4 is 5.82 Å². The van der Waals surface area contributed by atoms with Crippen LogP contribution in [0.1, 0.15) is 45.6 Å². The molecule has 0 aliphatic heterocycles. The summed E-state index contributed by atoms with van der Waals surface area (Å²) >= 11 is 0. The quantitative estimate of drug-likeness (QED) is 0.740. The largest absolute Gasteiger partial charge is 0.353 e. The Morgan fingerprint density at radius 2 is 2.20 bits per heavy atom. The van der Waals surface area contributed by atoms with Crippen LogP contribution in [0.25, 0.3) is 0 Å². The van der Waals surface area contributed by atoms with Crippen LogP contribution in [0.5, 0.6) is 0 Å². The average molecular weight is 279 g/mol. The van der Waals surface area contributed by atoms with Crippen molar-refractivity contribution < 1.29 is 4.39 Å². The molecule has 3 nitrogen and oxygen atoms in total. The van der Waals surface area contributed by atoms with E-state index in [0.29, 0.717) is 18.5 Å². The molecule has 112 valence electrons. The highest BCUT2D eigenvalue weighted by atomic mass is 19.1. The smallest absolute Gasteiger partial charge is 0.141 e. The molecule has 0 amide bonds. The molecule has 1 aromatic heterocycles. The maximum absolute atomic E-state index is 13.5. The van der Waals surface area contributed by atoms with Crippen LogP contribution < -0.4 is 10.2 Å². The van der Waals surface area contributed by atoms with Crippen LogP contribution in [0.3, 0.4) is 0 Å². The predicted molar refractivity (Wildman–Crippen MR) is 81.4 cm³/mol. The fourth-order valence-corrected chi connectivity index (χ4v) is 2.45. The van der Waals surface area contributed by atoms with Crippen LogP contribution in [-0.4, -0.2) is 24.1 Å². The molecule has 1 aliphatic rings. The second-order valence-corrected chi connectivity index (χ2v) is 6.09. The molecular weight excluding hydrogens is 253 g/mol. The Kier molecular flexibility index (Phi) is 5.35. The van der Waals surface area contributed by atoms with E-state index in [9.17, 15) is 4.39 Å². The van der Waals surface area contributed by atoms with E-state index in [1.165, 1.54) is 19.0 Å². The lowest BCUT2D eigenvalue weighted by Gasteiger charge is -2.27. The van der Waals surface area contributed by atoms with Gasteiger partial charge in [-0.1, -0.05) is 20.8 Å². The molecule has 0 radical (unpaired) electrons. The van der Waals surface area contributed by atoms with Gasteiger partial charge in [-0.15, -0.1) is 0 Å². The SMILES string of the molecule is CCCNCc1cc(F)cnc1N(CC(C)C)C1CC1. The van der Waals surface area contributed by atoms with Gasteiger partial charge in [-0.3, -0.25) is 0 Å². The van der Waals surface area contributed by atoms with Gasteiger partial charge in [-0.25, -0.2) is 9.37 Å². The van der Waals surface area contributed by atoms with Gasteiger partial charge < -0.3 is 10.2 Å². The summed E-state index contributed by atoms with van der Waals surface area (Å²) in [6, 6.07) is 2.22. The summed E-state index contributed by atoms with van der Waals surface area (Å²) in [6.45, 7) is 9.19. The Balaban J connectivity index is 2.18. The number of pyridine rings is 1. The van der Waals surface area contributed by atoms with E-state index in [2.05, 4.69) is 36.0 Å². The van der Waals surface area contributed by atoms with E-state index in [0.717, 1.165) is 30.9 Å². The summed E-state index contributed by atoms with van der Waals surface area (Å²) in [7, 11) is 0. The number of aromatic nitrogens is 1. The summed E-state index contributed by atoms with van der Waals surface area (Å²) < 4.78 is 13.5. The first kappa shape index (κ1) is 15.2. The Labute approximate surface area is 121 Å². The Morgan fingerprint density at radius 1 is 1.45 bits per heavy atom. The standard InChI is InChI=1S/C16H26FN3/c1-4-7-18-9-13-8-14(17)10-19-16(13)20(11-12(2)3)15-5-6-15/h8,10,12,15,18H,4-7,9,11H2,1-3H3. The lowest BCUT2D eigenvalue weighted by molar-refractivity contribution is 0.586. The molecule has 0 aromatic carbocycles. The molecule has 1 aliphatic carbocycles. The third-order valence-electron chi connectivity index (χ3n) is 3.47. The third kappa shape index (κ3) is 4.17. The second-order valence-electron chi connectivity index (χ2n) is 6.09. The van der Waals surface area contributed by atoms with Crippen LogP contribution in [0, 0.1) is 11.7 Å². The highest BCUT2D eigenvalue weighted by molar-refractivity contribution is 5.49. The van der Waals surface area contributed by atoms with Crippen LogP contribution in [-0.2, 0) is 6.54 Å². The molecule has 1 saturated carbocycles. The first-order valence-corrected chi connectivity index (χ1v) is 7.73. The van der Waals surface area contributed by atoms with Crippen molar-refractivity contribution in [1.82, 2.24) is 10.3 Å². The summed E-state index contributed by atoms with van der Waals surface area (Å²) in [6.07, 6.45) is 4.88. The van der Waals surface area contributed by atoms with Crippen LogP contribution in [0.2, 0.25) is 0 Å². The van der Waals surface area contributed by atoms with Gasteiger partial charge in [-0.2, -0.15) is 0 Å². The van der Waals surface area contributed by atoms with E-state index in [-0.39, 0.29) is 5.82 Å². The monoisotopic (exact) mass is 279 g/mol. The van der Waals surface area contributed by atoms with E-state index in [4.69, 9.17) is 0 Å². The Morgan fingerprint density at radius 3 is 2.80 bits per heavy atom. The van der Waals surface area contributed by atoms with Crippen molar-refractivity contribution in [2.45, 2.75) is 52.6 Å². The van der Waals surface area contributed by atoms with Crippen molar-refractivity contribution in [2.75, 3.05) is 18.0 Å². The number of nitrogens with one attached hydrogen (secondary N) is 1. The minimum Gasteiger partial charge on any atom is -0.353 e. The topological polar surface area (TPSA) is 28.2 Å². The van der Waals surface area contributed by atoms with Gasteiger partial charge in [0.05, 0.1) is 6.20 Å². The van der Waals surface area contributed by atoms with E-state index < -0.39 is 0 Å². The molecule has 0 atom stereocenters. The Hall–Kier alpha value is -1.16. The lowest BCUT2D eigenvalue weighted by atomic mass is 10.1. The fraction of sp³-hybridized carbons (Fsp3) is 0.688. The zero-order valence-electron chi connectivity index (χ0n) is 12.8. The minimum absolute atomic E-state index is 0.248. The van der Waals surface area contributed by atoms with Crippen LogP contribution in [0.15, 0.2) is 12.3 Å². The number of hydrogen-bond acceptors (Lipinski definition) is 3. The lowest BCUT2D eigenvalue weighted by Crippen LogP contribution is -2.32. The normalized spacial score (nSPS) is 14.8. The molecular formula is C16H26FN3. The Bertz CT molecular complexity index is 430. The number of rotatable bonds is 8. The van der Waals surface area contributed by atoms with Gasteiger partial charge >= 0.3 is 0 Å². The van der Waals surface area contributed by atoms with E-state index in [1.807, 2.05) is 0 Å². The van der Waals surface area contributed by atoms with Gasteiger partial charge in [0.15, 0.2) is 0 Å². The second kappa shape index (κ2) is 7.02. The van der Waals surface area contributed by atoms with Crippen molar-refractivity contribution in [3.63, 3.8) is 0 Å². The molecule has 2 rings (SSSR count). The summed E-state index contributed by atoms with van der Waals surface area (Å²) in [5.74, 6) is 1.30. The molecule has 1 heterocycles. The predicted octanol–water partition coefficient (Wildman–Crippen LogP) is 3.35. The first-order chi connectivity index (χ1) is 9.61. The van der Waals surface area contributed by atoms with Crippen molar-refractivity contribution in [3.8, 4) is 0 Å². The van der Waals surface area contributed by atoms with Gasteiger partial charge in [0, 0.05) is 24.7 Å². The average Bonchev–Trinajstić information content (AvgIpc) is 3.21. The van der Waals surface area contributed by atoms with Gasteiger partial charge in [-0.05, 0) is 37.8 Å². The number of halogens is 1. The molecule has 1 fully saturated rings. The summed E-state index contributed by atoms with van der Waals surface area (Å²) in [5, 5.41) is 3.35. The molecule has 0 bridgehead atoms. The molecule has 0 saturated heterocycles. The summed E-state index contributed by atoms with van der Waals surface area (Å²) in [4.78, 5) is 6.75. The van der Waals surface area contributed by atoms with Gasteiger partial charge in [0.2, 0.25) is 0 Å². The van der Waals surface area contributed by atoms with Crippen molar-refractivity contribution in [2.24, 2.45) is 5.92 Å². The van der Waals surface area contributed by atoms with Gasteiger partial charge in [0.25, 0.3) is 0 Å². The fourth-order valence-electron chi connectivity index (χ4n) is 2.45. The van der Waals surface area contributed by atoms with Crippen LogP contribution in [0.4, 0.5) is 10.2 Å². The molecule has 20 heavy (non-hydrogen) atoms. The van der Waals surface area contributed by atoms with Gasteiger partial charge in [0.1, 0.15) is 11.6 Å². The minimum atomic E-state index is -0.248. The zero-order valence-corrected chi connectivity index (χ0v) is 12.8. The van der Waals surface area contributed by atoms with Crippen molar-refractivity contribution in [1.29, 1.82) is 0 Å². The highest BCUT2D eigenvalue weighted by Crippen LogP contribution is 2.33. The number of nitrogens with zero attached hydrogens (tertiary/aromatic N) is 2. The van der Waals surface area contributed by atoms with E-state index in [1.54, 1.807) is 6.07 Å².